The van der Waals surface area contributed by atoms with E-state index in [9.17, 15) is 0 Å². The summed E-state index contributed by atoms with van der Waals surface area (Å²) in [4.78, 5) is 0. The van der Waals surface area contributed by atoms with Crippen LogP contribution < -0.4 is 5.32 Å². The van der Waals surface area contributed by atoms with Crippen molar-refractivity contribution in [3.05, 3.63) is 0 Å². The summed E-state index contributed by atoms with van der Waals surface area (Å²) in [6.07, 6.45) is 27.1. The van der Waals surface area contributed by atoms with Crippen LogP contribution in [0.25, 0.3) is 0 Å². The van der Waals surface area contributed by atoms with E-state index in [0.717, 1.165) is 35.5 Å². The molecule has 0 aromatic heterocycles. The molecule has 170 valence electrons. The molecular weight excluding hydrogens is 350 g/mol. The highest BCUT2D eigenvalue weighted by atomic mass is 14.9. The second-order valence-electron chi connectivity index (χ2n) is 11.4. The molecule has 1 aliphatic heterocycles. The molecule has 2 saturated carbocycles. The molecule has 6 atom stereocenters. The molecule has 1 nitrogen and oxygen atoms in total. The Morgan fingerprint density at radius 1 is 0.448 bits per heavy atom. The van der Waals surface area contributed by atoms with Crippen molar-refractivity contribution in [3.63, 3.8) is 0 Å². The van der Waals surface area contributed by atoms with E-state index >= 15 is 0 Å². The van der Waals surface area contributed by atoms with Crippen molar-refractivity contribution in [1.29, 1.82) is 0 Å². The summed E-state index contributed by atoms with van der Waals surface area (Å²) >= 11 is 0. The summed E-state index contributed by atoms with van der Waals surface area (Å²) in [7, 11) is 0. The second kappa shape index (κ2) is 13.4. The molecule has 1 heterocycles. The van der Waals surface area contributed by atoms with E-state index in [1.807, 2.05) is 0 Å². The lowest BCUT2D eigenvalue weighted by molar-refractivity contribution is 0.0352. The van der Waals surface area contributed by atoms with Crippen LogP contribution in [0.5, 0.6) is 0 Å². The van der Waals surface area contributed by atoms with Crippen molar-refractivity contribution in [1.82, 2.24) is 5.32 Å². The van der Waals surface area contributed by atoms with Gasteiger partial charge in [-0.2, -0.15) is 0 Å². The van der Waals surface area contributed by atoms with E-state index < -0.39 is 0 Å². The third-order valence-corrected chi connectivity index (χ3v) is 9.15. The summed E-state index contributed by atoms with van der Waals surface area (Å²) in [5.41, 5.74) is 0. The van der Waals surface area contributed by atoms with Gasteiger partial charge in [-0.3, -0.25) is 0 Å². The van der Waals surface area contributed by atoms with Crippen molar-refractivity contribution in [2.45, 2.75) is 129 Å². The van der Waals surface area contributed by atoms with Gasteiger partial charge in [0.25, 0.3) is 0 Å². The van der Waals surface area contributed by atoms with Gasteiger partial charge in [0, 0.05) is 0 Å². The quantitative estimate of drug-likeness (QED) is 0.428. The predicted molar refractivity (Wildman–Crippen MR) is 128 cm³/mol. The standard InChI is InChI=1S/C28H53N/c1-23-21-29-22-24(2)27-20-16-12-8-7-10-14-18-25-17-13-9-5-3-4-6-11-15-19-26(23)28(25)27/h23-29H,3-22H2,1-2H3. The molecule has 0 bridgehead atoms. The van der Waals surface area contributed by atoms with Crippen molar-refractivity contribution in [2.75, 3.05) is 13.1 Å². The van der Waals surface area contributed by atoms with Crippen LogP contribution in [0.15, 0.2) is 0 Å². The van der Waals surface area contributed by atoms with Gasteiger partial charge in [-0.25, -0.2) is 0 Å². The Balaban J connectivity index is 1.87. The minimum absolute atomic E-state index is 0.868. The normalized spacial score (nSPS) is 39.9. The molecule has 29 heavy (non-hydrogen) atoms. The van der Waals surface area contributed by atoms with Gasteiger partial charge < -0.3 is 5.32 Å². The highest BCUT2D eigenvalue weighted by Crippen LogP contribution is 2.46. The topological polar surface area (TPSA) is 12.0 Å². The van der Waals surface area contributed by atoms with Crippen LogP contribution in [-0.4, -0.2) is 13.1 Å². The molecule has 0 amide bonds. The highest BCUT2D eigenvalue weighted by molar-refractivity contribution is 4.91. The largest absolute Gasteiger partial charge is 0.316 e. The second-order valence-corrected chi connectivity index (χ2v) is 11.4. The lowest BCUT2D eigenvalue weighted by Gasteiger charge is -2.46. The fourth-order valence-corrected chi connectivity index (χ4v) is 7.44. The fourth-order valence-electron chi connectivity index (χ4n) is 7.44. The Labute approximate surface area is 183 Å². The minimum atomic E-state index is 0.868. The van der Waals surface area contributed by atoms with Crippen LogP contribution in [0.4, 0.5) is 0 Å². The molecule has 3 aliphatic rings. The van der Waals surface area contributed by atoms with Crippen LogP contribution in [0, 0.1) is 35.5 Å². The Hall–Kier alpha value is -0.0400. The predicted octanol–water partition coefficient (Wildman–Crippen LogP) is 8.38. The molecule has 0 spiro atoms. The van der Waals surface area contributed by atoms with Gasteiger partial charge in [-0.1, -0.05) is 117 Å². The first-order valence-electron chi connectivity index (χ1n) is 14.0. The Morgan fingerprint density at radius 3 is 1.21 bits per heavy atom. The van der Waals surface area contributed by atoms with Crippen molar-refractivity contribution >= 4 is 0 Å². The van der Waals surface area contributed by atoms with Crippen LogP contribution in [0.1, 0.15) is 129 Å². The third kappa shape index (κ3) is 7.55. The SMILES string of the molecule is CC1CNCC(C)C2CCCCCCCCC3CCCCCCCCCCC1C32. The number of nitrogens with one attached hydrogen (secondary N) is 1. The molecule has 0 radical (unpaired) electrons. The first-order chi connectivity index (χ1) is 14.3. The first-order valence-corrected chi connectivity index (χ1v) is 14.0. The fraction of sp³-hybridized carbons (Fsp3) is 1.00. The van der Waals surface area contributed by atoms with Gasteiger partial charge in [0.15, 0.2) is 0 Å². The van der Waals surface area contributed by atoms with Crippen LogP contribution in [-0.2, 0) is 0 Å². The van der Waals surface area contributed by atoms with Gasteiger partial charge in [-0.15, -0.1) is 0 Å². The third-order valence-electron chi connectivity index (χ3n) is 9.15. The van der Waals surface area contributed by atoms with E-state index in [1.165, 1.54) is 116 Å². The van der Waals surface area contributed by atoms with Crippen molar-refractivity contribution in [2.24, 2.45) is 35.5 Å². The number of hydrogen-bond acceptors (Lipinski definition) is 1. The zero-order chi connectivity index (χ0) is 20.3. The van der Waals surface area contributed by atoms with Gasteiger partial charge in [0.05, 0.1) is 0 Å². The van der Waals surface area contributed by atoms with Gasteiger partial charge >= 0.3 is 0 Å². The smallest absolute Gasteiger partial charge is 0.00203 e. The zero-order valence-corrected chi connectivity index (χ0v) is 20.1. The number of hydrogen-bond donors (Lipinski definition) is 1. The van der Waals surface area contributed by atoms with E-state index in [2.05, 4.69) is 19.2 Å². The molecule has 0 aromatic rings. The van der Waals surface area contributed by atoms with E-state index in [4.69, 9.17) is 0 Å². The lowest BCUT2D eigenvalue weighted by Crippen LogP contribution is -2.45. The van der Waals surface area contributed by atoms with Crippen LogP contribution >= 0.6 is 0 Å². The van der Waals surface area contributed by atoms with Crippen molar-refractivity contribution < 1.29 is 0 Å². The molecule has 1 N–H and O–H groups in total. The van der Waals surface area contributed by atoms with Crippen LogP contribution in [0.2, 0.25) is 0 Å². The summed E-state index contributed by atoms with van der Waals surface area (Å²) < 4.78 is 0. The molecule has 6 unspecified atom stereocenters. The average molecular weight is 404 g/mol. The molecular formula is C28H53N. The number of rotatable bonds is 0. The molecule has 2 aliphatic carbocycles. The maximum atomic E-state index is 3.90. The van der Waals surface area contributed by atoms with Gasteiger partial charge in [0.1, 0.15) is 0 Å². The summed E-state index contributed by atoms with van der Waals surface area (Å²) in [5.74, 6) is 5.72. The molecule has 3 fully saturated rings. The molecule has 1 heteroatoms. The Morgan fingerprint density at radius 2 is 0.793 bits per heavy atom. The lowest BCUT2D eigenvalue weighted by atomic mass is 9.60. The maximum absolute atomic E-state index is 3.90. The summed E-state index contributed by atoms with van der Waals surface area (Å²) in [6, 6.07) is 0. The van der Waals surface area contributed by atoms with Crippen LogP contribution in [0.3, 0.4) is 0 Å². The van der Waals surface area contributed by atoms with Gasteiger partial charge in [-0.05, 0) is 61.4 Å². The van der Waals surface area contributed by atoms with Crippen molar-refractivity contribution in [3.8, 4) is 0 Å². The highest BCUT2D eigenvalue weighted by Gasteiger charge is 2.40. The molecule has 3 rings (SSSR count). The average Bonchev–Trinajstić information content (AvgIpc) is 2.73. The van der Waals surface area contributed by atoms with E-state index in [1.54, 1.807) is 12.8 Å². The van der Waals surface area contributed by atoms with E-state index in [0.29, 0.717) is 0 Å². The molecule has 0 aromatic carbocycles. The monoisotopic (exact) mass is 403 g/mol. The minimum Gasteiger partial charge on any atom is -0.316 e. The molecule has 1 saturated heterocycles. The summed E-state index contributed by atoms with van der Waals surface area (Å²) in [5, 5.41) is 3.90. The zero-order valence-electron chi connectivity index (χ0n) is 20.1. The summed E-state index contributed by atoms with van der Waals surface area (Å²) in [6.45, 7) is 7.74. The van der Waals surface area contributed by atoms with Gasteiger partial charge in [0.2, 0.25) is 0 Å². The Bertz CT molecular complexity index is 419. The Kier molecular flexibility index (Phi) is 10.9. The maximum Gasteiger partial charge on any atom is -0.00203 e. The first kappa shape index (κ1) is 23.6. The van der Waals surface area contributed by atoms with E-state index in [-0.39, 0.29) is 0 Å².